The lowest BCUT2D eigenvalue weighted by Crippen LogP contribution is -2.27. The van der Waals surface area contributed by atoms with Crippen molar-refractivity contribution < 1.29 is 14.7 Å². The molecule has 2 rings (SSSR count). The number of rotatable bonds is 6. The molecule has 4 nitrogen and oxygen atoms in total. The molecule has 0 spiro atoms. The SMILES string of the molecule is CCC(=O)N(O)c1cccc(Br)c1COc1cc(C)c(CC)cc1C. The first-order chi connectivity index (χ1) is 11.9. The van der Waals surface area contributed by atoms with Gasteiger partial charge in [-0.3, -0.25) is 10.0 Å². The minimum Gasteiger partial charge on any atom is -0.489 e. The molecule has 0 fully saturated rings. The minimum atomic E-state index is -0.362. The summed E-state index contributed by atoms with van der Waals surface area (Å²) in [4.78, 5) is 11.8. The van der Waals surface area contributed by atoms with Crippen LogP contribution in [0.1, 0.15) is 42.5 Å². The molecule has 0 unspecified atom stereocenters. The molecular weight excluding hydrogens is 382 g/mol. The van der Waals surface area contributed by atoms with E-state index in [1.807, 2.05) is 19.1 Å². The van der Waals surface area contributed by atoms with Gasteiger partial charge < -0.3 is 4.74 Å². The predicted octanol–water partition coefficient (Wildman–Crippen LogP) is 5.34. The van der Waals surface area contributed by atoms with Crippen LogP contribution in [0.15, 0.2) is 34.8 Å². The summed E-state index contributed by atoms with van der Waals surface area (Å²) in [6, 6.07) is 9.53. The Morgan fingerprint density at radius 1 is 1.20 bits per heavy atom. The molecule has 0 aliphatic rings. The molecule has 2 aromatic rings. The number of ether oxygens (including phenoxy) is 1. The van der Waals surface area contributed by atoms with E-state index in [9.17, 15) is 10.0 Å². The van der Waals surface area contributed by atoms with Gasteiger partial charge in [0, 0.05) is 16.5 Å². The van der Waals surface area contributed by atoms with E-state index >= 15 is 0 Å². The van der Waals surface area contributed by atoms with Crippen LogP contribution in [0.25, 0.3) is 0 Å². The van der Waals surface area contributed by atoms with E-state index in [0.29, 0.717) is 10.8 Å². The minimum absolute atomic E-state index is 0.222. The van der Waals surface area contributed by atoms with Crippen molar-refractivity contribution in [3.8, 4) is 5.75 Å². The van der Waals surface area contributed by atoms with Crippen LogP contribution in [0.5, 0.6) is 5.75 Å². The molecule has 1 amide bonds. The maximum absolute atomic E-state index is 11.8. The van der Waals surface area contributed by atoms with Crippen LogP contribution in [0, 0.1) is 13.8 Å². The number of nitrogens with zero attached hydrogens (tertiary/aromatic N) is 1. The van der Waals surface area contributed by atoms with E-state index in [4.69, 9.17) is 4.74 Å². The molecule has 0 aliphatic heterocycles. The van der Waals surface area contributed by atoms with Crippen molar-refractivity contribution >= 4 is 27.5 Å². The van der Waals surface area contributed by atoms with Crippen LogP contribution in [0.3, 0.4) is 0 Å². The average Bonchev–Trinajstić information content (AvgIpc) is 2.61. The lowest BCUT2D eigenvalue weighted by atomic mass is 10.0. The summed E-state index contributed by atoms with van der Waals surface area (Å²) in [5.74, 6) is 0.446. The van der Waals surface area contributed by atoms with E-state index < -0.39 is 0 Å². The van der Waals surface area contributed by atoms with Crippen molar-refractivity contribution in [2.24, 2.45) is 0 Å². The molecule has 0 saturated carbocycles. The summed E-state index contributed by atoms with van der Waals surface area (Å²) in [5.41, 5.74) is 4.73. The van der Waals surface area contributed by atoms with Gasteiger partial charge in [-0.1, -0.05) is 41.9 Å². The van der Waals surface area contributed by atoms with E-state index in [2.05, 4.69) is 35.8 Å². The lowest BCUT2D eigenvalue weighted by Gasteiger charge is -2.20. The quantitative estimate of drug-likeness (QED) is 0.521. The second kappa shape index (κ2) is 8.50. The zero-order valence-electron chi connectivity index (χ0n) is 15.1. The Hall–Kier alpha value is -1.85. The molecule has 2 aromatic carbocycles. The van der Waals surface area contributed by atoms with Crippen molar-refractivity contribution in [1.29, 1.82) is 0 Å². The first-order valence-electron chi connectivity index (χ1n) is 8.41. The maximum Gasteiger partial charge on any atom is 0.250 e. The number of halogens is 1. The number of carbonyl (C=O) groups excluding carboxylic acids is 1. The Labute approximate surface area is 157 Å². The lowest BCUT2D eigenvalue weighted by molar-refractivity contribution is -0.123. The molecule has 5 heteroatoms. The van der Waals surface area contributed by atoms with Crippen molar-refractivity contribution in [2.45, 2.75) is 47.1 Å². The van der Waals surface area contributed by atoms with Gasteiger partial charge in [-0.25, -0.2) is 0 Å². The first-order valence-corrected chi connectivity index (χ1v) is 9.20. The van der Waals surface area contributed by atoms with E-state index in [0.717, 1.165) is 27.8 Å². The van der Waals surface area contributed by atoms with Crippen LogP contribution in [-0.2, 0) is 17.8 Å². The number of aryl methyl sites for hydroxylation is 3. The van der Waals surface area contributed by atoms with Gasteiger partial charge in [0.2, 0.25) is 5.91 Å². The standard InChI is InChI=1S/C20H24BrNO3/c1-5-15-10-14(4)19(11-13(15)3)25-12-16-17(21)8-7-9-18(16)22(24)20(23)6-2/h7-11,24H,5-6,12H2,1-4H3. The zero-order valence-corrected chi connectivity index (χ0v) is 16.7. The summed E-state index contributed by atoms with van der Waals surface area (Å²) in [7, 11) is 0. The Morgan fingerprint density at radius 2 is 1.92 bits per heavy atom. The van der Waals surface area contributed by atoms with Gasteiger partial charge in [0.05, 0.1) is 5.69 Å². The molecule has 0 heterocycles. The van der Waals surface area contributed by atoms with Gasteiger partial charge >= 0.3 is 0 Å². The summed E-state index contributed by atoms with van der Waals surface area (Å²) in [6.07, 6.45) is 1.21. The Bertz CT molecular complexity index is 774. The number of anilines is 1. The monoisotopic (exact) mass is 405 g/mol. The highest BCUT2D eigenvalue weighted by Crippen LogP contribution is 2.30. The third-order valence-electron chi connectivity index (χ3n) is 4.25. The highest BCUT2D eigenvalue weighted by Gasteiger charge is 2.18. The van der Waals surface area contributed by atoms with Crippen LogP contribution in [0.4, 0.5) is 5.69 Å². The molecule has 0 aromatic heterocycles. The van der Waals surface area contributed by atoms with Crippen molar-refractivity contribution in [1.82, 2.24) is 0 Å². The fourth-order valence-electron chi connectivity index (χ4n) is 2.71. The molecule has 0 aliphatic carbocycles. The molecule has 0 atom stereocenters. The summed E-state index contributed by atoms with van der Waals surface area (Å²) >= 11 is 3.49. The number of carbonyl (C=O) groups is 1. The van der Waals surface area contributed by atoms with Crippen LogP contribution >= 0.6 is 15.9 Å². The Kier molecular flexibility index (Phi) is 6.62. The van der Waals surface area contributed by atoms with Gasteiger partial charge in [-0.15, -0.1) is 0 Å². The maximum atomic E-state index is 11.8. The van der Waals surface area contributed by atoms with Crippen molar-refractivity contribution in [3.63, 3.8) is 0 Å². The van der Waals surface area contributed by atoms with Crippen LogP contribution < -0.4 is 9.80 Å². The Balaban J connectivity index is 2.30. The molecule has 0 bridgehead atoms. The predicted molar refractivity (Wildman–Crippen MR) is 103 cm³/mol. The summed E-state index contributed by atoms with van der Waals surface area (Å²) in [5, 5.41) is 10.9. The van der Waals surface area contributed by atoms with Crippen molar-refractivity contribution in [2.75, 3.05) is 5.06 Å². The van der Waals surface area contributed by atoms with E-state index in [-0.39, 0.29) is 18.9 Å². The first kappa shape index (κ1) is 19.5. The Morgan fingerprint density at radius 3 is 2.56 bits per heavy atom. The molecule has 0 saturated heterocycles. The number of hydrogen-bond donors (Lipinski definition) is 1. The zero-order chi connectivity index (χ0) is 18.6. The highest BCUT2D eigenvalue weighted by molar-refractivity contribution is 9.10. The van der Waals surface area contributed by atoms with E-state index in [1.54, 1.807) is 19.1 Å². The largest absolute Gasteiger partial charge is 0.489 e. The average molecular weight is 406 g/mol. The molecule has 1 N–H and O–H groups in total. The smallest absolute Gasteiger partial charge is 0.250 e. The fourth-order valence-corrected chi connectivity index (χ4v) is 3.18. The van der Waals surface area contributed by atoms with Gasteiger partial charge in [0.25, 0.3) is 0 Å². The second-order valence-electron chi connectivity index (χ2n) is 5.98. The van der Waals surface area contributed by atoms with Gasteiger partial charge in [-0.2, -0.15) is 5.06 Å². The topological polar surface area (TPSA) is 49.8 Å². The third-order valence-corrected chi connectivity index (χ3v) is 4.99. The highest BCUT2D eigenvalue weighted by atomic mass is 79.9. The van der Waals surface area contributed by atoms with Crippen LogP contribution in [-0.4, -0.2) is 11.1 Å². The summed E-state index contributed by atoms with van der Waals surface area (Å²) in [6.45, 7) is 8.19. The van der Waals surface area contributed by atoms with E-state index in [1.165, 1.54) is 11.1 Å². The van der Waals surface area contributed by atoms with Crippen molar-refractivity contribution in [3.05, 3.63) is 57.1 Å². The molecule has 0 radical (unpaired) electrons. The number of benzene rings is 2. The molecule has 134 valence electrons. The number of amides is 1. The molecule has 25 heavy (non-hydrogen) atoms. The van der Waals surface area contributed by atoms with Crippen LogP contribution in [0.2, 0.25) is 0 Å². The molecular formula is C20H24BrNO3. The fraction of sp³-hybridized carbons (Fsp3) is 0.350. The van der Waals surface area contributed by atoms with Gasteiger partial charge in [0.15, 0.2) is 0 Å². The third kappa shape index (κ3) is 4.41. The summed E-state index contributed by atoms with van der Waals surface area (Å²) < 4.78 is 6.79. The van der Waals surface area contributed by atoms with Gasteiger partial charge in [-0.05, 0) is 55.2 Å². The number of hydroxylamine groups is 1. The number of hydrogen-bond acceptors (Lipinski definition) is 3. The van der Waals surface area contributed by atoms with Gasteiger partial charge in [0.1, 0.15) is 12.4 Å². The second-order valence-corrected chi connectivity index (χ2v) is 6.84. The normalized spacial score (nSPS) is 10.6.